The number of hydrogen-bond donors (Lipinski definition) is 0. The summed E-state index contributed by atoms with van der Waals surface area (Å²) in [5.41, 5.74) is 11.9. The second-order valence-electron chi connectivity index (χ2n) is 15.2. The Morgan fingerprint density at radius 1 is 0.333 bits per heavy atom. The monoisotopic (exact) mass is 766 g/mol. The van der Waals surface area contributed by atoms with Gasteiger partial charge >= 0.3 is 0 Å². The summed E-state index contributed by atoms with van der Waals surface area (Å²) in [7, 11) is 0. The van der Waals surface area contributed by atoms with Gasteiger partial charge in [-0.25, -0.2) is 15.0 Å². The first kappa shape index (κ1) is 33.9. The minimum absolute atomic E-state index is 0.569. The van der Waals surface area contributed by atoms with E-state index in [4.69, 9.17) is 19.4 Å². The van der Waals surface area contributed by atoms with Crippen LogP contribution in [0, 0.1) is 0 Å². The van der Waals surface area contributed by atoms with E-state index >= 15 is 0 Å². The largest absolute Gasteiger partial charge is 0.456 e. The van der Waals surface area contributed by atoms with Crippen LogP contribution < -0.4 is 0 Å². The Morgan fingerprint density at radius 2 is 0.867 bits per heavy atom. The maximum Gasteiger partial charge on any atom is 0.166 e. The van der Waals surface area contributed by atoms with Gasteiger partial charge in [0.05, 0.1) is 22.1 Å². The van der Waals surface area contributed by atoms with Crippen molar-refractivity contribution in [2.45, 2.75) is 0 Å². The number of aromatic nitrogens is 4. The van der Waals surface area contributed by atoms with Gasteiger partial charge in [-0.1, -0.05) is 158 Å². The molecule has 280 valence electrons. The van der Waals surface area contributed by atoms with Gasteiger partial charge in [0.25, 0.3) is 0 Å². The van der Waals surface area contributed by atoms with Crippen molar-refractivity contribution in [3.05, 3.63) is 206 Å². The molecule has 0 fully saturated rings. The Kier molecular flexibility index (Phi) is 7.78. The van der Waals surface area contributed by atoms with E-state index in [1.165, 1.54) is 21.5 Å². The number of nitrogens with zero attached hydrogens (tertiary/aromatic N) is 4. The van der Waals surface area contributed by atoms with Crippen LogP contribution in [0.15, 0.2) is 211 Å². The van der Waals surface area contributed by atoms with Gasteiger partial charge in [0.15, 0.2) is 17.5 Å². The third-order valence-corrected chi connectivity index (χ3v) is 11.6. The molecule has 0 saturated heterocycles. The van der Waals surface area contributed by atoms with Crippen LogP contribution in [-0.4, -0.2) is 19.5 Å². The van der Waals surface area contributed by atoms with E-state index in [1.807, 2.05) is 24.3 Å². The molecule has 0 N–H and O–H groups in total. The van der Waals surface area contributed by atoms with Gasteiger partial charge in [-0.15, -0.1) is 0 Å². The van der Waals surface area contributed by atoms with Crippen molar-refractivity contribution in [3.8, 4) is 62.1 Å². The summed E-state index contributed by atoms with van der Waals surface area (Å²) in [5.74, 6) is 1.75. The zero-order valence-corrected chi connectivity index (χ0v) is 32.3. The lowest BCUT2D eigenvalue weighted by molar-refractivity contribution is 0.669. The average Bonchev–Trinajstić information content (AvgIpc) is 3.86. The lowest BCUT2D eigenvalue weighted by Gasteiger charge is -2.16. The highest BCUT2D eigenvalue weighted by Gasteiger charge is 2.24. The molecule has 0 saturated carbocycles. The van der Waals surface area contributed by atoms with E-state index < -0.39 is 0 Å². The topological polar surface area (TPSA) is 56.7 Å². The molecule has 3 heterocycles. The molecule has 60 heavy (non-hydrogen) atoms. The van der Waals surface area contributed by atoms with Crippen molar-refractivity contribution >= 4 is 54.5 Å². The third kappa shape index (κ3) is 5.59. The fraction of sp³-hybridized carbons (Fsp3) is 0. The molecule has 0 bridgehead atoms. The van der Waals surface area contributed by atoms with Crippen molar-refractivity contribution in [1.82, 2.24) is 19.5 Å². The predicted octanol–water partition coefficient (Wildman–Crippen LogP) is 14.4. The summed E-state index contributed by atoms with van der Waals surface area (Å²) in [5, 5.41) is 6.73. The summed E-state index contributed by atoms with van der Waals surface area (Å²) in [6, 6.07) is 72.1. The molecule has 0 atom stereocenters. The predicted molar refractivity (Wildman–Crippen MR) is 246 cm³/mol. The van der Waals surface area contributed by atoms with Crippen LogP contribution in [0.3, 0.4) is 0 Å². The van der Waals surface area contributed by atoms with Crippen LogP contribution in [0.5, 0.6) is 0 Å². The SMILES string of the molecule is c1ccc(-c2cccc(-c3nc(-c4cccc(-c5ccccc5)c4)nc(-c4ccc5oc6ccccc6c5c4-n4c5ccccc5c5cc6ccccc6cc54)n3)c2)cc1. The van der Waals surface area contributed by atoms with E-state index in [9.17, 15) is 0 Å². The van der Waals surface area contributed by atoms with E-state index in [0.29, 0.717) is 17.5 Å². The molecule has 0 amide bonds. The number of benzene rings is 9. The Bertz CT molecular complexity index is 3500. The molecule has 5 heteroatoms. The van der Waals surface area contributed by atoms with Crippen LogP contribution in [0.25, 0.3) is 117 Å². The molecular formula is C55H34N4O. The van der Waals surface area contributed by atoms with Crippen molar-refractivity contribution < 1.29 is 4.42 Å². The van der Waals surface area contributed by atoms with Gasteiger partial charge in [-0.2, -0.15) is 0 Å². The van der Waals surface area contributed by atoms with Gasteiger partial charge in [0, 0.05) is 32.8 Å². The van der Waals surface area contributed by atoms with Crippen LogP contribution in [-0.2, 0) is 0 Å². The van der Waals surface area contributed by atoms with E-state index in [1.54, 1.807) is 0 Å². The second kappa shape index (κ2) is 13.8. The van der Waals surface area contributed by atoms with Gasteiger partial charge in [0.2, 0.25) is 0 Å². The van der Waals surface area contributed by atoms with Crippen LogP contribution in [0.2, 0.25) is 0 Å². The fourth-order valence-electron chi connectivity index (χ4n) is 8.80. The van der Waals surface area contributed by atoms with Gasteiger partial charge in [-0.05, 0) is 81.6 Å². The zero-order valence-electron chi connectivity index (χ0n) is 32.3. The van der Waals surface area contributed by atoms with E-state index in [0.717, 1.165) is 77.6 Å². The van der Waals surface area contributed by atoms with E-state index in [2.05, 4.69) is 187 Å². The van der Waals surface area contributed by atoms with Crippen molar-refractivity contribution in [3.63, 3.8) is 0 Å². The van der Waals surface area contributed by atoms with Crippen molar-refractivity contribution in [1.29, 1.82) is 0 Å². The first-order valence-electron chi connectivity index (χ1n) is 20.2. The number of furan rings is 1. The van der Waals surface area contributed by atoms with Crippen LogP contribution in [0.1, 0.15) is 0 Å². The summed E-state index contributed by atoms with van der Waals surface area (Å²) < 4.78 is 9.00. The highest BCUT2D eigenvalue weighted by Crippen LogP contribution is 2.44. The first-order chi connectivity index (χ1) is 29.7. The van der Waals surface area contributed by atoms with E-state index in [-0.39, 0.29) is 0 Å². The lowest BCUT2D eigenvalue weighted by Crippen LogP contribution is -2.04. The molecule has 0 radical (unpaired) electrons. The van der Waals surface area contributed by atoms with Crippen molar-refractivity contribution in [2.75, 3.05) is 0 Å². The Balaban J connectivity index is 1.18. The highest BCUT2D eigenvalue weighted by atomic mass is 16.3. The summed E-state index contributed by atoms with van der Waals surface area (Å²) in [6.45, 7) is 0. The molecule has 0 aliphatic heterocycles. The Hall–Kier alpha value is -8.15. The molecule has 5 nitrogen and oxygen atoms in total. The number of hydrogen-bond acceptors (Lipinski definition) is 4. The molecule has 9 aromatic carbocycles. The molecule has 0 unspecified atom stereocenters. The number of para-hydroxylation sites is 2. The zero-order chi connectivity index (χ0) is 39.6. The quantitative estimate of drug-likeness (QED) is 0.169. The Morgan fingerprint density at radius 3 is 1.55 bits per heavy atom. The van der Waals surface area contributed by atoms with Crippen LogP contribution >= 0.6 is 0 Å². The standard InChI is InChI=1S/C55H34N4O/c1-3-15-35(16-4-1)37-21-13-23-41(31-37)53-56-54(42-24-14-22-38(32-42)36-17-5-2-6-18-36)58-55(57-53)45-29-30-50-51(44-26-10-12-28-49(44)60-50)52(45)59-47-27-11-9-25-43(47)46-33-39-19-7-8-20-40(39)34-48(46)59/h1-34H. The van der Waals surface area contributed by atoms with Gasteiger partial charge in [-0.3, -0.25) is 0 Å². The fourth-order valence-corrected chi connectivity index (χ4v) is 8.80. The molecule has 0 aliphatic carbocycles. The average molecular weight is 767 g/mol. The van der Waals surface area contributed by atoms with Gasteiger partial charge in [0.1, 0.15) is 11.2 Å². The summed E-state index contributed by atoms with van der Waals surface area (Å²) >= 11 is 0. The Labute approximate surface area is 345 Å². The molecule has 12 rings (SSSR count). The van der Waals surface area contributed by atoms with Crippen molar-refractivity contribution in [2.24, 2.45) is 0 Å². The van der Waals surface area contributed by atoms with Gasteiger partial charge < -0.3 is 8.98 Å². The molecule has 0 aliphatic rings. The highest BCUT2D eigenvalue weighted by molar-refractivity contribution is 6.18. The summed E-state index contributed by atoms with van der Waals surface area (Å²) in [6.07, 6.45) is 0. The molecule has 0 spiro atoms. The maximum absolute atomic E-state index is 6.61. The number of fused-ring (bicyclic) bond motifs is 7. The second-order valence-corrected chi connectivity index (χ2v) is 15.2. The first-order valence-corrected chi connectivity index (χ1v) is 20.2. The minimum Gasteiger partial charge on any atom is -0.456 e. The third-order valence-electron chi connectivity index (χ3n) is 11.6. The lowest BCUT2D eigenvalue weighted by atomic mass is 10.0. The maximum atomic E-state index is 6.61. The smallest absolute Gasteiger partial charge is 0.166 e. The summed E-state index contributed by atoms with van der Waals surface area (Å²) in [4.78, 5) is 16.1. The molecular weight excluding hydrogens is 733 g/mol. The minimum atomic E-state index is 0.569. The normalized spacial score (nSPS) is 11.7. The van der Waals surface area contributed by atoms with Crippen LogP contribution in [0.4, 0.5) is 0 Å². The molecule has 3 aromatic heterocycles. The number of rotatable bonds is 6. The molecule has 12 aromatic rings.